The maximum absolute atomic E-state index is 12.1. The Kier molecular flexibility index (Phi) is 4.07. The first kappa shape index (κ1) is 15.8. The van der Waals surface area contributed by atoms with Gasteiger partial charge in [-0.2, -0.15) is 5.10 Å². The SMILES string of the molecule is O=C(NCc1ccc(OC(F)(F)F)cc1)c1ccc2nccn2n1. The van der Waals surface area contributed by atoms with Crippen LogP contribution in [0.4, 0.5) is 13.2 Å². The molecule has 0 aliphatic heterocycles. The number of imidazole rings is 1. The molecule has 9 heteroatoms. The fourth-order valence-corrected chi connectivity index (χ4v) is 2.02. The number of amides is 1. The first-order chi connectivity index (χ1) is 11.4. The van der Waals surface area contributed by atoms with Crippen LogP contribution in [0.5, 0.6) is 5.75 Å². The maximum Gasteiger partial charge on any atom is 0.573 e. The van der Waals surface area contributed by atoms with E-state index in [-0.39, 0.29) is 18.0 Å². The van der Waals surface area contributed by atoms with E-state index in [0.29, 0.717) is 11.2 Å². The van der Waals surface area contributed by atoms with Gasteiger partial charge < -0.3 is 10.1 Å². The summed E-state index contributed by atoms with van der Waals surface area (Å²) in [5, 5.41) is 6.74. The number of aromatic nitrogens is 3. The summed E-state index contributed by atoms with van der Waals surface area (Å²) in [6.07, 6.45) is -1.55. The third-order valence-corrected chi connectivity index (χ3v) is 3.10. The zero-order chi connectivity index (χ0) is 17.2. The highest BCUT2D eigenvalue weighted by atomic mass is 19.4. The van der Waals surface area contributed by atoms with E-state index in [1.165, 1.54) is 34.8 Å². The van der Waals surface area contributed by atoms with Crippen LogP contribution in [0.2, 0.25) is 0 Å². The van der Waals surface area contributed by atoms with Gasteiger partial charge >= 0.3 is 6.36 Å². The van der Waals surface area contributed by atoms with Gasteiger partial charge in [-0.1, -0.05) is 12.1 Å². The lowest BCUT2D eigenvalue weighted by molar-refractivity contribution is -0.274. The van der Waals surface area contributed by atoms with E-state index < -0.39 is 12.3 Å². The van der Waals surface area contributed by atoms with E-state index in [2.05, 4.69) is 20.1 Å². The number of nitrogens with one attached hydrogen (secondary N) is 1. The van der Waals surface area contributed by atoms with Crippen LogP contribution in [-0.2, 0) is 6.54 Å². The summed E-state index contributed by atoms with van der Waals surface area (Å²) in [7, 11) is 0. The topological polar surface area (TPSA) is 68.5 Å². The minimum absolute atomic E-state index is 0.148. The van der Waals surface area contributed by atoms with Gasteiger partial charge in [0.2, 0.25) is 0 Å². The lowest BCUT2D eigenvalue weighted by Crippen LogP contribution is -2.24. The Bertz CT molecular complexity index is 859. The van der Waals surface area contributed by atoms with Crippen LogP contribution in [0.25, 0.3) is 5.65 Å². The van der Waals surface area contributed by atoms with E-state index in [1.807, 2.05) is 0 Å². The predicted octanol–water partition coefficient (Wildman–Crippen LogP) is 2.56. The first-order valence-corrected chi connectivity index (χ1v) is 6.84. The number of carbonyl (C=O) groups excluding carboxylic acids is 1. The number of hydrogen-bond donors (Lipinski definition) is 1. The Morgan fingerprint density at radius 1 is 1.17 bits per heavy atom. The van der Waals surface area contributed by atoms with Crippen LogP contribution in [0.15, 0.2) is 48.8 Å². The number of benzene rings is 1. The Morgan fingerprint density at radius 2 is 1.92 bits per heavy atom. The van der Waals surface area contributed by atoms with Gasteiger partial charge in [-0.25, -0.2) is 9.50 Å². The fourth-order valence-electron chi connectivity index (χ4n) is 2.02. The van der Waals surface area contributed by atoms with Gasteiger partial charge in [0, 0.05) is 18.9 Å². The third kappa shape index (κ3) is 3.80. The van der Waals surface area contributed by atoms with Crippen molar-refractivity contribution in [2.24, 2.45) is 0 Å². The minimum atomic E-state index is -4.73. The summed E-state index contributed by atoms with van der Waals surface area (Å²) in [5.41, 5.74) is 1.45. The molecule has 0 fully saturated rings. The van der Waals surface area contributed by atoms with Crippen molar-refractivity contribution in [2.75, 3.05) is 0 Å². The van der Waals surface area contributed by atoms with E-state index in [4.69, 9.17) is 0 Å². The van der Waals surface area contributed by atoms with Crippen LogP contribution in [0.3, 0.4) is 0 Å². The minimum Gasteiger partial charge on any atom is -0.406 e. The number of hydrogen-bond acceptors (Lipinski definition) is 4. The summed E-state index contributed by atoms with van der Waals surface area (Å²) in [6, 6.07) is 8.44. The van der Waals surface area contributed by atoms with Crippen molar-refractivity contribution >= 4 is 11.6 Å². The van der Waals surface area contributed by atoms with Crippen molar-refractivity contribution < 1.29 is 22.7 Å². The second kappa shape index (κ2) is 6.19. The van der Waals surface area contributed by atoms with Crippen LogP contribution in [-0.4, -0.2) is 26.9 Å². The summed E-state index contributed by atoms with van der Waals surface area (Å²) < 4.78 is 41.5. The second-order valence-corrected chi connectivity index (χ2v) is 4.82. The van der Waals surface area contributed by atoms with Crippen molar-refractivity contribution in [1.82, 2.24) is 19.9 Å². The molecule has 2 heterocycles. The molecule has 24 heavy (non-hydrogen) atoms. The summed E-state index contributed by atoms with van der Waals surface area (Å²) in [6.45, 7) is 0.148. The molecule has 1 N–H and O–H groups in total. The zero-order valence-corrected chi connectivity index (χ0v) is 12.1. The lowest BCUT2D eigenvalue weighted by Gasteiger charge is -2.09. The molecule has 0 spiro atoms. The van der Waals surface area contributed by atoms with Crippen LogP contribution in [0, 0.1) is 0 Å². The van der Waals surface area contributed by atoms with Crippen molar-refractivity contribution in [2.45, 2.75) is 12.9 Å². The molecular formula is C15H11F3N4O2. The van der Waals surface area contributed by atoms with Gasteiger partial charge in [-0.05, 0) is 29.8 Å². The second-order valence-electron chi connectivity index (χ2n) is 4.82. The highest BCUT2D eigenvalue weighted by Gasteiger charge is 2.30. The van der Waals surface area contributed by atoms with Gasteiger partial charge in [-0.15, -0.1) is 13.2 Å². The third-order valence-electron chi connectivity index (χ3n) is 3.10. The molecule has 1 amide bonds. The molecule has 0 radical (unpaired) electrons. The van der Waals surface area contributed by atoms with Crippen molar-refractivity contribution in [3.8, 4) is 5.75 Å². The Hall–Kier alpha value is -3.10. The van der Waals surface area contributed by atoms with E-state index in [9.17, 15) is 18.0 Å². The highest BCUT2D eigenvalue weighted by molar-refractivity contribution is 5.92. The Morgan fingerprint density at radius 3 is 2.62 bits per heavy atom. The van der Waals surface area contributed by atoms with Crippen molar-refractivity contribution in [3.63, 3.8) is 0 Å². The summed E-state index contributed by atoms with van der Waals surface area (Å²) >= 11 is 0. The average molecular weight is 336 g/mol. The van der Waals surface area contributed by atoms with Crippen molar-refractivity contribution in [3.05, 3.63) is 60.0 Å². The molecule has 0 saturated heterocycles. The van der Waals surface area contributed by atoms with Crippen LogP contribution >= 0.6 is 0 Å². The van der Waals surface area contributed by atoms with Crippen molar-refractivity contribution in [1.29, 1.82) is 0 Å². The molecule has 6 nitrogen and oxygen atoms in total. The Balaban J connectivity index is 1.61. The fraction of sp³-hybridized carbons (Fsp3) is 0.133. The molecule has 0 bridgehead atoms. The monoisotopic (exact) mass is 336 g/mol. The maximum atomic E-state index is 12.1. The molecule has 3 aromatic rings. The standard InChI is InChI=1S/C15H11F3N4O2/c16-15(17,18)24-11-3-1-10(2-4-11)9-20-14(23)12-5-6-13-19-7-8-22(13)21-12/h1-8H,9H2,(H,20,23). The molecule has 124 valence electrons. The van der Waals surface area contributed by atoms with Gasteiger partial charge in [0.1, 0.15) is 11.4 Å². The average Bonchev–Trinajstić information content (AvgIpc) is 3.00. The molecule has 0 aliphatic rings. The highest BCUT2D eigenvalue weighted by Crippen LogP contribution is 2.22. The molecule has 0 aliphatic carbocycles. The van der Waals surface area contributed by atoms with Gasteiger partial charge in [0.25, 0.3) is 5.91 Å². The molecule has 2 aromatic heterocycles. The first-order valence-electron chi connectivity index (χ1n) is 6.84. The number of rotatable bonds is 4. The normalized spacial score (nSPS) is 11.5. The number of nitrogens with zero attached hydrogens (tertiary/aromatic N) is 3. The molecule has 0 unspecified atom stereocenters. The lowest BCUT2D eigenvalue weighted by atomic mass is 10.2. The van der Waals surface area contributed by atoms with E-state index in [0.717, 1.165) is 0 Å². The van der Waals surface area contributed by atoms with Crippen LogP contribution in [0.1, 0.15) is 16.1 Å². The summed E-state index contributed by atoms with van der Waals surface area (Å²) in [5.74, 6) is -0.717. The van der Waals surface area contributed by atoms with Crippen LogP contribution < -0.4 is 10.1 Å². The smallest absolute Gasteiger partial charge is 0.406 e. The van der Waals surface area contributed by atoms with Gasteiger partial charge in [0.15, 0.2) is 5.65 Å². The molecule has 0 atom stereocenters. The molecule has 3 rings (SSSR count). The number of halogens is 3. The molecule has 0 saturated carbocycles. The number of alkyl halides is 3. The van der Waals surface area contributed by atoms with Gasteiger partial charge in [-0.3, -0.25) is 4.79 Å². The van der Waals surface area contributed by atoms with E-state index in [1.54, 1.807) is 18.5 Å². The quantitative estimate of drug-likeness (QED) is 0.795. The van der Waals surface area contributed by atoms with Gasteiger partial charge in [0.05, 0.1) is 0 Å². The molecular weight excluding hydrogens is 325 g/mol. The Labute approximate surface area is 133 Å². The molecule has 1 aromatic carbocycles. The largest absolute Gasteiger partial charge is 0.573 e. The zero-order valence-electron chi connectivity index (χ0n) is 12.1. The number of ether oxygens (including phenoxy) is 1. The number of fused-ring (bicyclic) bond motifs is 1. The summed E-state index contributed by atoms with van der Waals surface area (Å²) in [4.78, 5) is 16.1. The van der Waals surface area contributed by atoms with E-state index >= 15 is 0 Å². The number of carbonyl (C=O) groups is 1. The predicted molar refractivity (Wildman–Crippen MR) is 77.3 cm³/mol.